The fraction of sp³-hybridized carbons (Fsp3) is 0.345. The highest BCUT2D eigenvalue weighted by Crippen LogP contribution is 2.24. The molecular formula is C29H36N2O2. The minimum absolute atomic E-state index is 0.142. The summed E-state index contributed by atoms with van der Waals surface area (Å²) >= 11 is 0. The molecule has 174 valence electrons. The summed E-state index contributed by atoms with van der Waals surface area (Å²) in [6, 6.07) is 20.3. The Labute approximate surface area is 198 Å². The average Bonchev–Trinajstić information content (AvgIpc) is 2.83. The first kappa shape index (κ1) is 24.5. The van der Waals surface area contributed by atoms with Gasteiger partial charge in [0.25, 0.3) is 0 Å². The summed E-state index contributed by atoms with van der Waals surface area (Å²) in [6.07, 6.45) is 7.78. The predicted octanol–water partition coefficient (Wildman–Crippen LogP) is 6.55. The Morgan fingerprint density at radius 2 is 1.70 bits per heavy atom. The molecular weight excluding hydrogens is 408 g/mol. The van der Waals surface area contributed by atoms with Crippen LogP contribution in [0.1, 0.15) is 44.2 Å². The lowest BCUT2D eigenvalue weighted by atomic mass is 10.1. The lowest BCUT2D eigenvalue weighted by Crippen LogP contribution is -2.26. The number of nitrogens with one attached hydrogen (secondary N) is 1. The van der Waals surface area contributed by atoms with E-state index >= 15 is 0 Å². The van der Waals surface area contributed by atoms with E-state index < -0.39 is 0 Å². The molecule has 0 aliphatic carbocycles. The van der Waals surface area contributed by atoms with Crippen LogP contribution in [0, 0.1) is 0 Å². The van der Waals surface area contributed by atoms with Gasteiger partial charge in [0.15, 0.2) is 0 Å². The van der Waals surface area contributed by atoms with E-state index in [1.54, 1.807) is 13.2 Å². The molecule has 0 aromatic heterocycles. The number of ether oxygens (including phenoxy) is 1. The third-order valence-electron chi connectivity index (χ3n) is 5.75. The molecule has 0 heterocycles. The molecule has 1 amide bonds. The molecule has 0 bridgehead atoms. The van der Waals surface area contributed by atoms with Crippen LogP contribution in [0.25, 0.3) is 16.8 Å². The normalized spacial score (nSPS) is 11.4. The summed E-state index contributed by atoms with van der Waals surface area (Å²) in [5.74, 6) is 0.730. The lowest BCUT2D eigenvalue weighted by Gasteiger charge is -2.21. The third kappa shape index (κ3) is 7.47. The van der Waals surface area contributed by atoms with Gasteiger partial charge in [-0.05, 0) is 97.6 Å². The predicted molar refractivity (Wildman–Crippen MR) is 140 cm³/mol. The zero-order valence-corrected chi connectivity index (χ0v) is 20.1. The topological polar surface area (TPSA) is 41.6 Å². The SMILES string of the molecule is CCCN(CCC)CCCc1cc(NC(=O)C=Cc2ccc3ccccc3c2)ccc1OC. The summed E-state index contributed by atoms with van der Waals surface area (Å²) in [5.41, 5.74) is 2.92. The number of anilines is 1. The van der Waals surface area contributed by atoms with Gasteiger partial charge in [0, 0.05) is 11.8 Å². The Morgan fingerprint density at radius 1 is 0.939 bits per heavy atom. The molecule has 0 aliphatic rings. The van der Waals surface area contributed by atoms with Gasteiger partial charge in [-0.25, -0.2) is 0 Å². The molecule has 0 radical (unpaired) electrons. The molecule has 33 heavy (non-hydrogen) atoms. The van der Waals surface area contributed by atoms with Crippen LogP contribution < -0.4 is 10.1 Å². The van der Waals surface area contributed by atoms with Crippen LogP contribution >= 0.6 is 0 Å². The molecule has 0 atom stereocenters. The van der Waals surface area contributed by atoms with Crippen molar-refractivity contribution in [1.82, 2.24) is 4.90 Å². The number of nitrogens with zero attached hydrogens (tertiary/aromatic N) is 1. The zero-order chi connectivity index (χ0) is 23.5. The molecule has 3 rings (SSSR count). The van der Waals surface area contributed by atoms with Gasteiger partial charge in [-0.15, -0.1) is 0 Å². The number of rotatable bonds is 12. The number of benzene rings is 3. The van der Waals surface area contributed by atoms with E-state index in [1.807, 2.05) is 42.5 Å². The fourth-order valence-electron chi connectivity index (χ4n) is 4.18. The second-order valence-corrected chi connectivity index (χ2v) is 8.40. The molecule has 0 spiro atoms. The quantitative estimate of drug-likeness (QED) is 0.322. The van der Waals surface area contributed by atoms with Crippen molar-refractivity contribution in [2.24, 2.45) is 0 Å². The Morgan fingerprint density at radius 3 is 2.42 bits per heavy atom. The number of hydrogen-bond acceptors (Lipinski definition) is 3. The maximum atomic E-state index is 12.5. The van der Waals surface area contributed by atoms with Crippen molar-refractivity contribution >= 4 is 28.4 Å². The van der Waals surface area contributed by atoms with E-state index in [1.165, 1.54) is 18.2 Å². The Kier molecular flexibility index (Phi) is 9.52. The van der Waals surface area contributed by atoms with E-state index in [0.29, 0.717) is 0 Å². The van der Waals surface area contributed by atoms with E-state index in [0.717, 1.165) is 60.4 Å². The van der Waals surface area contributed by atoms with E-state index in [2.05, 4.69) is 48.3 Å². The first-order valence-corrected chi connectivity index (χ1v) is 12.0. The Hall–Kier alpha value is -3.11. The molecule has 1 N–H and O–H groups in total. The second kappa shape index (κ2) is 12.8. The molecule has 0 fully saturated rings. The number of methoxy groups -OCH3 is 1. The van der Waals surface area contributed by atoms with Crippen molar-refractivity contribution in [1.29, 1.82) is 0 Å². The fourth-order valence-corrected chi connectivity index (χ4v) is 4.18. The van der Waals surface area contributed by atoms with Crippen LogP contribution in [-0.4, -0.2) is 37.6 Å². The van der Waals surface area contributed by atoms with Crippen molar-refractivity contribution in [3.63, 3.8) is 0 Å². The minimum atomic E-state index is -0.142. The highest BCUT2D eigenvalue weighted by Gasteiger charge is 2.08. The van der Waals surface area contributed by atoms with Crippen LogP contribution in [0.4, 0.5) is 5.69 Å². The summed E-state index contributed by atoms with van der Waals surface area (Å²) in [7, 11) is 1.70. The van der Waals surface area contributed by atoms with Crippen molar-refractivity contribution < 1.29 is 9.53 Å². The highest BCUT2D eigenvalue weighted by atomic mass is 16.5. The molecule has 0 unspecified atom stereocenters. The molecule has 3 aromatic rings. The second-order valence-electron chi connectivity index (χ2n) is 8.40. The highest BCUT2D eigenvalue weighted by molar-refractivity contribution is 6.02. The summed E-state index contributed by atoms with van der Waals surface area (Å²) in [5, 5.41) is 5.34. The molecule has 0 aliphatic heterocycles. The zero-order valence-electron chi connectivity index (χ0n) is 20.1. The minimum Gasteiger partial charge on any atom is -0.496 e. The van der Waals surface area contributed by atoms with Gasteiger partial charge in [-0.2, -0.15) is 0 Å². The van der Waals surface area contributed by atoms with Crippen LogP contribution in [0.15, 0.2) is 66.7 Å². The number of fused-ring (bicyclic) bond motifs is 1. The molecule has 0 saturated heterocycles. The van der Waals surface area contributed by atoms with Crippen molar-refractivity contribution in [2.45, 2.75) is 39.5 Å². The average molecular weight is 445 g/mol. The van der Waals surface area contributed by atoms with Crippen LogP contribution in [-0.2, 0) is 11.2 Å². The Balaban J connectivity index is 1.61. The van der Waals surface area contributed by atoms with Gasteiger partial charge in [-0.3, -0.25) is 4.79 Å². The standard InChI is InChI=1S/C29H36N2O2/c1-4-18-31(19-5-2)20-8-11-26-22-27(15-16-28(26)33-3)30-29(32)17-13-23-12-14-24-9-6-7-10-25(24)21-23/h6-7,9-10,12-17,21-22H,4-5,8,11,18-20H2,1-3H3,(H,30,32). The third-order valence-corrected chi connectivity index (χ3v) is 5.75. The van der Waals surface area contributed by atoms with E-state index in [-0.39, 0.29) is 5.91 Å². The molecule has 3 aromatic carbocycles. The summed E-state index contributed by atoms with van der Waals surface area (Å²) < 4.78 is 5.56. The lowest BCUT2D eigenvalue weighted by molar-refractivity contribution is -0.111. The number of aryl methyl sites for hydroxylation is 1. The van der Waals surface area contributed by atoms with Crippen LogP contribution in [0.3, 0.4) is 0 Å². The van der Waals surface area contributed by atoms with Gasteiger partial charge in [0.1, 0.15) is 5.75 Å². The first-order valence-electron chi connectivity index (χ1n) is 12.0. The van der Waals surface area contributed by atoms with Gasteiger partial charge >= 0.3 is 0 Å². The maximum absolute atomic E-state index is 12.5. The van der Waals surface area contributed by atoms with E-state index in [9.17, 15) is 4.79 Å². The van der Waals surface area contributed by atoms with Gasteiger partial charge in [0.2, 0.25) is 5.91 Å². The summed E-state index contributed by atoms with van der Waals surface area (Å²) in [4.78, 5) is 15.0. The van der Waals surface area contributed by atoms with Crippen molar-refractivity contribution in [3.8, 4) is 5.75 Å². The monoisotopic (exact) mass is 444 g/mol. The smallest absolute Gasteiger partial charge is 0.248 e. The van der Waals surface area contributed by atoms with Crippen LogP contribution in [0.5, 0.6) is 5.75 Å². The Bertz CT molecular complexity index is 1070. The number of hydrogen-bond donors (Lipinski definition) is 1. The van der Waals surface area contributed by atoms with Crippen LogP contribution in [0.2, 0.25) is 0 Å². The largest absolute Gasteiger partial charge is 0.496 e. The number of carbonyl (C=O) groups is 1. The summed E-state index contributed by atoms with van der Waals surface area (Å²) in [6.45, 7) is 7.82. The van der Waals surface area contributed by atoms with Gasteiger partial charge in [-0.1, -0.05) is 50.2 Å². The van der Waals surface area contributed by atoms with Gasteiger partial charge in [0.05, 0.1) is 7.11 Å². The van der Waals surface area contributed by atoms with Gasteiger partial charge < -0.3 is 15.0 Å². The molecule has 4 heteroatoms. The van der Waals surface area contributed by atoms with E-state index in [4.69, 9.17) is 4.74 Å². The molecule has 4 nitrogen and oxygen atoms in total. The van der Waals surface area contributed by atoms with Crippen molar-refractivity contribution in [3.05, 3.63) is 77.9 Å². The maximum Gasteiger partial charge on any atom is 0.248 e. The van der Waals surface area contributed by atoms with Crippen molar-refractivity contribution in [2.75, 3.05) is 32.1 Å². The molecule has 0 saturated carbocycles. The number of amides is 1. The number of carbonyl (C=O) groups excluding carboxylic acids is 1. The first-order chi connectivity index (χ1) is 16.1.